The van der Waals surface area contributed by atoms with Gasteiger partial charge in [0, 0.05) is 17.9 Å². The van der Waals surface area contributed by atoms with Crippen molar-refractivity contribution < 1.29 is 15.1 Å². The molecular weight excluding hydrogens is 318 g/mol. The number of nitrogens with zero attached hydrogens (tertiary/aromatic N) is 1. The van der Waals surface area contributed by atoms with Crippen molar-refractivity contribution in [3.05, 3.63) is 68.8 Å². The molecule has 4 rings (SSSR count). The number of hydrogen-bond donors (Lipinski definition) is 2. The molecule has 2 aliphatic carbocycles. The summed E-state index contributed by atoms with van der Waals surface area (Å²) in [5, 5.41) is 32.4. The Morgan fingerprint density at radius 3 is 2.56 bits per heavy atom. The van der Waals surface area contributed by atoms with Crippen LogP contribution < -0.4 is 0 Å². The van der Waals surface area contributed by atoms with Crippen molar-refractivity contribution in [1.29, 1.82) is 0 Å². The van der Waals surface area contributed by atoms with Crippen molar-refractivity contribution in [2.24, 2.45) is 5.41 Å². The van der Waals surface area contributed by atoms with Gasteiger partial charge in [0.2, 0.25) is 0 Å². The Balaban J connectivity index is 1.89. The third kappa shape index (κ3) is 2.26. The van der Waals surface area contributed by atoms with E-state index in [0.29, 0.717) is 6.42 Å². The number of aromatic hydroxyl groups is 1. The summed E-state index contributed by atoms with van der Waals surface area (Å²) in [6.45, 7) is 4.08. The van der Waals surface area contributed by atoms with Crippen LogP contribution in [-0.4, -0.2) is 21.2 Å². The molecule has 2 aromatic carbocycles. The first-order valence-corrected chi connectivity index (χ1v) is 8.58. The second-order valence-corrected chi connectivity index (χ2v) is 7.76. The SMILES string of the molecule is CC1c2cc([N+](=O)[O-])c(O)cc2CC2(C)Cc3ccccc3C2C1O. The Bertz CT molecular complexity index is 878. The topological polar surface area (TPSA) is 83.6 Å². The summed E-state index contributed by atoms with van der Waals surface area (Å²) in [6, 6.07) is 11.2. The second-order valence-electron chi connectivity index (χ2n) is 7.76. The molecule has 4 unspecified atom stereocenters. The highest BCUT2D eigenvalue weighted by atomic mass is 16.6. The van der Waals surface area contributed by atoms with E-state index < -0.39 is 11.0 Å². The molecule has 130 valence electrons. The van der Waals surface area contributed by atoms with Crippen LogP contribution in [0.5, 0.6) is 5.75 Å². The highest BCUT2D eigenvalue weighted by molar-refractivity contribution is 5.54. The van der Waals surface area contributed by atoms with Crippen LogP contribution in [0.2, 0.25) is 0 Å². The first kappa shape index (κ1) is 16.1. The van der Waals surface area contributed by atoms with E-state index in [1.54, 1.807) is 0 Å². The van der Waals surface area contributed by atoms with Gasteiger partial charge in [-0.15, -0.1) is 0 Å². The van der Waals surface area contributed by atoms with Crippen LogP contribution >= 0.6 is 0 Å². The van der Waals surface area contributed by atoms with Gasteiger partial charge < -0.3 is 10.2 Å². The Morgan fingerprint density at radius 2 is 1.84 bits per heavy atom. The quantitative estimate of drug-likeness (QED) is 0.613. The van der Waals surface area contributed by atoms with E-state index in [9.17, 15) is 20.3 Å². The smallest absolute Gasteiger partial charge is 0.310 e. The molecular formula is C20H21NO4. The molecule has 0 saturated carbocycles. The zero-order valence-electron chi connectivity index (χ0n) is 14.3. The minimum atomic E-state index is -0.626. The van der Waals surface area contributed by atoms with Crippen LogP contribution in [0, 0.1) is 15.5 Å². The van der Waals surface area contributed by atoms with Gasteiger partial charge in [0.1, 0.15) is 0 Å². The number of hydrogen-bond acceptors (Lipinski definition) is 4. The summed E-state index contributed by atoms with van der Waals surface area (Å²) in [5.74, 6) is -0.567. The van der Waals surface area contributed by atoms with E-state index in [2.05, 4.69) is 19.1 Å². The Kier molecular flexibility index (Phi) is 3.41. The first-order valence-electron chi connectivity index (χ1n) is 8.58. The molecule has 0 amide bonds. The highest BCUT2D eigenvalue weighted by Crippen LogP contribution is 2.56. The summed E-state index contributed by atoms with van der Waals surface area (Å²) in [7, 11) is 0. The molecule has 0 spiro atoms. The lowest BCUT2D eigenvalue weighted by molar-refractivity contribution is -0.386. The zero-order valence-corrected chi connectivity index (χ0v) is 14.3. The lowest BCUT2D eigenvalue weighted by Gasteiger charge is -2.34. The number of phenols is 1. The molecule has 0 fully saturated rings. The molecule has 25 heavy (non-hydrogen) atoms. The van der Waals surface area contributed by atoms with Crippen molar-refractivity contribution in [3.63, 3.8) is 0 Å². The average molecular weight is 339 g/mol. The van der Waals surface area contributed by atoms with Gasteiger partial charge in [-0.05, 0) is 46.6 Å². The van der Waals surface area contributed by atoms with Crippen LogP contribution in [0.3, 0.4) is 0 Å². The summed E-state index contributed by atoms with van der Waals surface area (Å²) < 4.78 is 0. The standard InChI is InChI=1S/C20H21NO4/c1-11-15-8-16(21(24)25)17(22)7-13(15)10-20(2)9-12-5-3-4-6-14(12)18(20)19(11)23/h3-8,11,18-19,22-23H,9-10H2,1-2H3. The number of phenolic OH excluding ortho intramolecular Hbond substituents is 1. The molecule has 0 aromatic heterocycles. The summed E-state index contributed by atoms with van der Waals surface area (Å²) >= 11 is 0. The first-order chi connectivity index (χ1) is 11.8. The maximum absolute atomic E-state index is 11.2. The molecule has 0 aliphatic heterocycles. The molecule has 0 saturated heterocycles. The number of nitro groups is 1. The maximum Gasteiger partial charge on any atom is 0.310 e. The predicted octanol–water partition coefficient (Wildman–Crippen LogP) is 3.67. The van der Waals surface area contributed by atoms with Crippen LogP contribution in [-0.2, 0) is 12.8 Å². The Hall–Kier alpha value is -2.40. The van der Waals surface area contributed by atoms with Crippen LogP contribution in [0.1, 0.15) is 47.9 Å². The molecule has 0 bridgehead atoms. The number of fused-ring (bicyclic) bond motifs is 4. The molecule has 5 heteroatoms. The third-order valence-electron chi connectivity index (χ3n) is 6.11. The Labute approximate surface area is 146 Å². The van der Waals surface area contributed by atoms with Crippen molar-refractivity contribution >= 4 is 5.69 Å². The van der Waals surface area contributed by atoms with Crippen molar-refractivity contribution in [3.8, 4) is 5.75 Å². The lowest BCUT2D eigenvalue weighted by atomic mass is 9.71. The van der Waals surface area contributed by atoms with E-state index in [1.807, 2.05) is 19.1 Å². The van der Waals surface area contributed by atoms with Gasteiger partial charge in [0.25, 0.3) is 0 Å². The summed E-state index contributed by atoms with van der Waals surface area (Å²) in [4.78, 5) is 10.6. The molecule has 2 N–H and O–H groups in total. The largest absolute Gasteiger partial charge is 0.502 e. The van der Waals surface area contributed by atoms with E-state index in [4.69, 9.17) is 0 Å². The fourth-order valence-electron chi connectivity index (χ4n) is 4.95. The molecule has 0 heterocycles. The van der Waals surface area contributed by atoms with Crippen LogP contribution in [0.4, 0.5) is 5.69 Å². The van der Waals surface area contributed by atoms with Crippen molar-refractivity contribution in [1.82, 2.24) is 0 Å². The van der Waals surface area contributed by atoms with Gasteiger partial charge in [-0.1, -0.05) is 38.1 Å². The monoisotopic (exact) mass is 339 g/mol. The highest BCUT2D eigenvalue weighted by Gasteiger charge is 2.50. The number of benzene rings is 2. The van der Waals surface area contributed by atoms with E-state index in [1.165, 1.54) is 23.3 Å². The predicted molar refractivity (Wildman–Crippen MR) is 93.9 cm³/mol. The average Bonchev–Trinajstić information content (AvgIpc) is 2.81. The zero-order chi connectivity index (χ0) is 17.9. The fourth-order valence-corrected chi connectivity index (χ4v) is 4.95. The van der Waals surface area contributed by atoms with Gasteiger partial charge in [0.05, 0.1) is 11.0 Å². The number of nitro benzene ring substituents is 1. The summed E-state index contributed by atoms with van der Waals surface area (Å²) in [6.07, 6.45) is 0.905. The van der Waals surface area contributed by atoms with E-state index in [0.717, 1.165) is 17.5 Å². The Morgan fingerprint density at radius 1 is 1.16 bits per heavy atom. The molecule has 4 atom stereocenters. The second kappa shape index (κ2) is 5.30. The van der Waals surface area contributed by atoms with Gasteiger partial charge in [-0.2, -0.15) is 0 Å². The van der Waals surface area contributed by atoms with Crippen LogP contribution in [0.25, 0.3) is 0 Å². The molecule has 0 radical (unpaired) electrons. The number of rotatable bonds is 1. The normalized spacial score (nSPS) is 30.1. The van der Waals surface area contributed by atoms with Gasteiger partial charge in [-0.3, -0.25) is 10.1 Å². The van der Waals surface area contributed by atoms with E-state index >= 15 is 0 Å². The van der Waals surface area contributed by atoms with Gasteiger partial charge in [-0.25, -0.2) is 0 Å². The third-order valence-corrected chi connectivity index (χ3v) is 6.11. The fraction of sp³-hybridized carbons (Fsp3) is 0.400. The van der Waals surface area contributed by atoms with Crippen LogP contribution in [0.15, 0.2) is 36.4 Å². The molecule has 2 aromatic rings. The lowest BCUT2D eigenvalue weighted by Crippen LogP contribution is -2.33. The number of aliphatic hydroxyl groups excluding tert-OH is 1. The van der Waals surface area contributed by atoms with Gasteiger partial charge in [0.15, 0.2) is 5.75 Å². The minimum Gasteiger partial charge on any atom is -0.502 e. The van der Waals surface area contributed by atoms with Crippen molar-refractivity contribution in [2.45, 2.75) is 44.6 Å². The van der Waals surface area contributed by atoms with Gasteiger partial charge >= 0.3 is 5.69 Å². The number of aliphatic hydroxyl groups is 1. The molecule has 2 aliphatic rings. The van der Waals surface area contributed by atoms with E-state index in [-0.39, 0.29) is 28.7 Å². The molecule has 5 nitrogen and oxygen atoms in total. The summed E-state index contributed by atoms with van der Waals surface area (Å²) in [5.41, 5.74) is 3.63. The minimum absolute atomic E-state index is 0.0210. The van der Waals surface area contributed by atoms with Crippen molar-refractivity contribution in [2.75, 3.05) is 0 Å². The maximum atomic E-state index is 11.2.